The first-order chi connectivity index (χ1) is 20.1. The number of benzene rings is 2. The number of esters is 1. The first-order valence-electron chi connectivity index (χ1n) is 13.0. The van der Waals surface area contributed by atoms with E-state index in [0.717, 1.165) is 17.8 Å². The molecule has 5 rings (SSSR count). The third-order valence-electron chi connectivity index (χ3n) is 6.74. The molecule has 42 heavy (non-hydrogen) atoms. The highest BCUT2D eigenvalue weighted by Gasteiger charge is 2.35. The summed E-state index contributed by atoms with van der Waals surface area (Å²) in [6.07, 6.45) is 2.36. The van der Waals surface area contributed by atoms with Crippen LogP contribution in [-0.4, -0.2) is 29.2 Å². The minimum Gasteiger partial charge on any atom is -0.493 e. The number of nitrogens with zero attached hydrogens (tertiary/aromatic N) is 3. The third kappa shape index (κ3) is 5.40. The molecule has 0 radical (unpaired) electrons. The van der Waals surface area contributed by atoms with Crippen molar-refractivity contribution in [2.24, 2.45) is 4.99 Å². The maximum absolute atomic E-state index is 13.9. The van der Waals surface area contributed by atoms with Gasteiger partial charge in [0.05, 0.1) is 34.4 Å². The van der Waals surface area contributed by atoms with Crippen molar-refractivity contribution in [2.45, 2.75) is 33.2 Å². The number of thiazole rings is 1. The van der Waals surface area contributed by atoms with Gasteiger partial charge < -0.3 is 13.9 Å². The molecule has 0 N–H and O–H groups in total. The van der Waals surface area contributed by atoms with Gasteiger partial charge in [-0.25, -0.2) is 9.79 Å². The Morgan fingerprint density at radius 1 is 1.21 bits per heavy atom. The molecule has 1 atom stereocenters. The highest BCUT2D eigenvalue weighted by atomic mass is 35.5. The van der Waals surface area contributed by atoms with Crippen molar-refractivity contribution < 1.29 is 23.6 Å². The van der Waals surface area contributed by atoms with Gasteiger partial charge in [-0.05, 0) is 62.2 Å². The van der Waals surface area contributed by atoms with E-state index in [1.165, 1.54) is 23.8 Å². The monoisotopic (exact) mass is 607 g/mol. The number of fused-ring (bicyclic) bond motifs is 1. The molecule has 0 fully saturated rings. The van der Waals surface area contributed by atoms with E-state index in [4.69, 9.17) is 25.5 Å². The molecule has 2 aromatic heterocycles. The Balaban J connectivity index is 1.64. The number of furan rings is 1. The number of hydrogen-bond acceptors (Lipinski definition) is 9. The second kappa shape index (κ2) is 11.8. The predicted octanol–water partition coefficient (Wildman–Crippen LogP) is 5.33. The topological polar surface area (TPSA) is 126 Å². The van der Waals surface area contributed by atoms with Gasteiger partial charge in [-0.3, -0.25) is 19.5 Å². The Labute approximate surface area is 248 Å². The van der Waals surface area contributed by atoms with Crippen molar-refractivity contribution in [3.63, 3.8) is 0 Å². The lowest BCUT2D eigenvalue weighted by atomic mass is 9.95. The van der Waals surface area contributed by atoms with Gasteiger partial charge in [-0.1, -0.05) is 29.9 Å². The highest BCUT2D eigenvalue weighted by molar-refractivity contribution is 7.07. The van der Waals surface area contributed by atoms with Crippen LogP contribution in [0.4, 0.5) is 5.69 Å². The van der Waals surface area contributed by atoms with Crippen LogP contribution >= 0.6 is 22.9 Å². The van der Waals surface area contributed by atoms with E-state index < -0.39 is 16.9 Å². The molecule has 2 aromatic carbocycles. The SMILES string of the molecule is CCCOc1ccc(Cl)cc1[C@H]1C(C(=O)OC)=C(C)N=c2s/c(=C/c3ccc(-c4ccc([N+](=O)[O-])cc4C)o3)c(=O)n21. The number of carbonyl (C=O) groups is 1. The number of nitro groups is 1. The van der Waals surface area contributed by atoms with Crippen LogP contribution in [0.2, 0.25) is 5.02 Å². The maximum Gasteiger partial charge on any atom is 0.338 e. The van der Waals surface area contributed by atoms with Crippen LogP contribution in [0.1, 0.15) is 43.2 Å². The van der Waals surface area contributed by atoms with E-state index in [1.807, 2.05) is 6.92 Å². The Morgan fingerprint density at radius 2 is 2.00 bits per heavy atom. The molecule has 0 saturated carbocycles. The molecule has 0 bridgehead atoms. The lowest BCUT2D eigenvalue weighted by molar-refractivity contribution is -0.384. The molecule has 0 amide bonds. The molecule has 0 saturated heterocycles. The predicted molar refractivity (Wildman–Crippen MR) is 159 cm³/mol. The second-order valence-corrected chi connectivity index (χ2v) is 11.0. The minimum atomic E-state index is -0.892. The number of aromatic nitrogens is 1. The normalized spacial score (nSPS) is 14.9. The smallest absolute Gasteiger partial charge is 0.338 e. The lowest BCUT2D eigenvalue weighted by Crippen LogP contribution is -2.40. The van der Waals surface area contributed by atoms with Gasteiger partial charge in [0.25, 0.3) is 11.2 Å². The summed E-state index contributed by atoms with van der Waals surface area (Å²) in [6.45, 7) is 5.87. The van der Waals surface area contributed by atoms with Crippen molar-refractivity contribution >= 4 is 40.7 Å². The zero-order valence-corrected chi connectivity index (χ0v) is 24.7. The average Bonchev–Trinajstić information content (AvgIpc) is 3.55. The number of ether oxygens (including phenoxy) is 2. The van der Waals surface area contributed by atoms with Crippen LogP contribution in [0, 0.1) is 17.0 Å². The van der Waals surface area contributed by atoms with Gasteiger partial charge in [0.1, 0.15) is 23.3 Å². The Kier molecular flexibility index (Phi) is 8.15. The fourth-order valence-corrected chi connectivity index (χ4v) is 6.01. The number of halogens is 1. The fourth-order valence-electron chi connectivity index (χ4n) is 4.81. The first kappa shape index (κ1) is 29.0. The number of rotatable bonds is 8. The van der Waals surface area contributed by atoms with Gasteiger partial charge >= 0.3 is 5.97 Å². The number of methoxy groups -OCH3 is 1. The number of nitro benzene ring substituents is 1. The van der Waals surface area contributed by atoms with E-state index in [0.29, 0.717) is 60.6 Å². The summed E-state index contributed by atoms with van der Waals surface area (Å²) >= 11 is 7.54. The molecular weight excluding hydrogens is 582 g/mol. The summed E-state index contributed by atoms with van der Waals surface area (Å²) in [6, 6.07) is 12.2. The zero-order chi connectivity index (χ0) is 30.1. The van der Waals surface area contributed by atoms with Crippen molar-refractivity contribution in [2.75, 3.05) is 13.7 Å². The van der Waals surface area contributed by atoms with Crippen LogP contribution in [-0.2, 0) is 9.53 Å². The highest BCUT2D eigenvalue weighted by Crippen LogP contribution is 2.37. The number of allylic oxidation sites excluding steroid dienone is 1. The second-order valence-electron chi connectivity index (χ2n) is 9.56. The van der Waals surface area contributed by atoms with Gasteiger partial charge in [-0.2, -0.15) is 0 Å². The maximum atomic E-state index is 13.9. The lowest BCUT2D eigenvalue weighted by Gasteiger charge is -2.26. The summed E-state index contributed by atoms with van der Waals surface area (Å²) in [7, 11) is 1.28. The van der Waals surface area contributed by atoms with Crippen molar-refractivity contribution in [3.8, 4) is 17.1 Å². The standard InChI is InChI=1S/C30H26ClN3O7S/c1-5-12-40-23-10-6-18(31)14-22(23)27-26(29(36)39-4)17(3)32-30-33(27)28(35)25(42-30)15-20-8-11-24(41-20)21-9-7-19(34(37)38)13-16(21)2/h6-11,13-15,27H,5,12H2,1-4H3/b25-15+/t27-/m0/s1. The molecule has 1 aliphatic heterocycles. The largest absolute Gasteiger partial charge is 0.493 e. The average molecular weight is 608 g/mol. The quantitative estimate of drug-likeness (QED) is 0.151. The molecule has 12 heteroatoms. The van der Waals surface area contributed by atoms with Crippen molar-refractivity contribution in [1.82, 2.24) is 4.57 Å². The summed E-state index contributed by atoms with van der Waals surface area (Å²) in [5.41, 5.74) is 2.13. The van der Waals surface area contributed by atoms with Crippen LogP contribution in [0.15, 0.2) is 74.0 Å². The van der Waals surface area contributed by atoms with E-state index in [2.05, 4.69) is 4.99 Å². The molecule has 0 spiro atoms. The number of non-ortho nitro benzene ring substituents is 1. The van der Waals surface area contributed by atoms with E-state index in [-0.39, 0.29) is 16.8 Å². The number of hydrogen-bond donors (Lipinski definition) is 0. The van der Waals surface area contributed by atoms with Gasteiger partial charge in [0.2, 0.25) is 0 Å². The molecule has 10 nitrogen and oxygen atoms in total. The Bertz CT molecular complexity index is 1940. The molecule has 0 aliphatic carbocycles. The summed E-state index contributed by atoms with van der Waals surface area (Å²) in [4.78, 5) is 42.6. The van der Waals surface area contributed by atoms with Crippen LogP contribution < -0.4 is 19.6 Å². The molecule has 3 heterocycles. The summed E-state index contributed by atoms with van der Waals surface area (Å²) < 4.78 is 18.9. The Hall–Kier alpha value is -4.48. The molecular formula is C30H26ClN3O7S. The van der Waals surface area contributed by atoms with Gasteiger partial charge in [0.15, 0.2) is 4.80 Å². The van der Waals surface area contributed by atoms with E-state index in [1.54, 1.807) is 56.3 Å². The van der Waals surface area contributed by atoms with E-state index in [9.17, 15) is 19.7 Å². The fraction of sp³-hybridized carbons (Fsp3) is 0.233. The van der Waals surface area contributed by atoms with Crippen LogP contribution in [0.25, 0.3) is 17.4 Å². The molecule has 216 valence electrons. The first-order valence-corrected chi connectivity index (χ1v) is 14.2. The van der Waals surface area contributed by atoms with Crippen molar-refractivity contribution in [1.29, 1.82) is 0 Å². The third-order valence-corrected chi connectivity index (χ3v) is 7.96. The Morgan fingerprint density at radius 3 is 2.69 bits per heavy atom. The summed E-state index contributed by atoms with van der Waals surface area (Å²) in [5.74, 6) is 0.778. The van der Waals surface area contributed by atoms with E-state index >= 15 is 0 Å². The van der Waals surface area contributed by atoms with Crippen LogP contribution in [0.3, 0.4) is 0 Å². The summed E-state index contributed by atoms with van der Waals surface area (Å²) in [5, 5.41) is 11.5. The molecule has 0 unspecified atom stereocenters. The number of aryl methyl sites for hydroxylation is 1. The number of carbonyl (C=O) groups excluding carboxylic acids is 1. The minimum absolute atomic E-state index is 0.0109. The van der Waals surface area contributed by atoms with Gasteiger partial charge in [0, 0.05) is 34.4 Å². The van der Waals surface area contributed by atoms with Crippen LogP contribution in [0.5, 0.6) is 5.75 Å². The molecule has 1 aliphatic rings. The zero-order valence-electron chi connectivity index (χ0n) is 23.2. The van der Waals surface area contributed by atoms with Gasteiger partial charge in [-0.15, -0.1) is 0 Å². The van der Waals surface area contributed by atoms with Crippen molar-refractivity contribution in [3.05, 3.63) is 112 Å². The molecule has 4 aromatic rings.